The molecule has 2 aromatic carbocycles. The van der Waals surface area contributed by atoms with Crippen LogP contribution in [0.3, 0.4) is 0 Å². The molecule has 4 heterocycles. The van der Waals surface area contributed by atoms with E-state index in [-0.39, 0.29) is 29.0 Å². The summed E-state index contributed by atoms with van der Waals surface area (Å²) in [7, 11) is 0. The molecule has 0 bridgehead atoms. The summed E-state index contributed by atoms with van der Waals surface area (Å²) in [6, 6.07) is 13.7. The van der Waals surface area contributed by atoms with Crippen molar-refractivity contribution in [3.63, 3.8) is 0 Å². The molecular weight excluding hydrogens is 523 g/mol. The molecule has 9 nitrogen and oxygen atoms in total. The average Bonchev–Trinajstić information content (AvgIpc) is 3.39. The van der Waals surface area contributed by atoms with Crippen molar-refractivity contribution in [3.8, 4) is 17.2 Å². The van der Waals surface area contributed by atoms with Gasteiger partial charge in [0, 0.05) is 49.6 Å². The summed E-state index contributed by atoms with van der Waals surface area (Å²) >= 11 is 0. The number of nitrogen functional groups attached to an aromatic ring is 1. The van der Waals surface area contributed by atoms with Crippen LogP contribution in [0.5, 0.6) is 11.5 Å². The molecule has 41 heavy (non-hydrogen) atoms. The van der Waals surface area contributed by atoms with E-state index in [0.717, 1.165) is 43.6 Å². The number of anilines is 1. The Kier molecular flexibility index (Phi) is 7.32. The highest BCUT2D eigenvalue weighted by molar-refractivity contribution is 5.92. The Bertz CT molecular complexity index is 1660. The molecule has 2 atom stereocenters. The van der Waals surface area contributed by atoms with Gasteiger partial charge in [0.15, 0.2) is 17.4 Å². The zero-order valence-electron chi connectivity index (χ0n) is 22.9. The van der Waals surface area contributed by atoms with Crippen molar-refractivity contribution >= 4 is 22.6 Å². The molecule has 212 valence electrons. The molecular formula is C31H33FN6O3. The van der Waals surface area contributed by atoms with Gasteiger partial charge in [-0.1, -0.05) is 25.1 Å². The molecule has 3 N–H and O–H groups in total. The number of aromatic nitrogens is 3. The SMILES string of the molecule is CCN1CC[C@@H]1/C=C/C(=O)N1CCC[C@@H](c2cn(-c3ccc(Oc4ccccc4F)cc3)c3c(N)n[nH]c(=O)c23)C1. The number of benzene rings is 2. The van der Waals surface area contributed by atoms with Gasteiger partial charge in [0.05, 0.1) is 5.39 Å². The first-order valence-corrected chi connectivity index (χ1v) is 14.1. The summed E-state index contributed by atoms with van der Waals surface area (Å²) in [5.41, 5.74) is 8.06. The number of ether oxygens (including phenoxy) is 1. The van der Waals surface area contributed by atoms with Crippen LogP contribution in [-0.2, 0) is 4.79 Å². The van der Waals surface area contributed by atoms with Crippen molar-refractivity contribution in [2.45, 2.75) is 38.1 Å². The number of carbonyl (C=O) groups excluding carboxylic acids is 1. The van der Waals surface area contributed by atoms with Gasteiger partial charge in [0.1, 0.15) is 11.3 Å². The van der Waals surface area contributed by atoms with Gasteiger partial charge in [-0.15, -0.1) is 0 Å². The standard InChI is InChI=1S/C31H33FN6O3/c1-2-36-17-15-21(36)11-14-27(39)37-16-5-6-20(18-37)24-19-38(29-28(24)31(40)35-34-30(29)33)22-9-12-23(13-10-22)41-26-8-4-3-7-25(26)32/h3-4,7-14,19-21H,2,5-6,15-18H2,1H3,(H2,33,34)(H,35,40)/b14-11+/t20-,21+/m1/s1. The second-order valence-electron chi connectivity index (χ2n) is 10.6. The van der Waals surface area contributed by atoms with Crippen molar-refractivity contribution in [1.82, 2.24) is 24.6 Å². The van der Waals surface area contributed by atoms with Gasteiger partial charge in [0.25, 0.3) is 5.56 Å². The molecule has 1 amide bonds. The van der Waals surface area contributed by atoms with E-state index in [0.29, 0.717) is 35.8 Å². The molecule has 0 aliphatic carbocycles. The Balaban J connectivity index is 1.28. The Morgan fingerprint density at radius 2 is 1.98 bits per heavy atom. The van der Waals surface area contributed by atoms with Gasteiger partial charge in [0.2, 0.25) is 5.91 Å². The Hall–Kier alpha value is -4.44. The monoisotopic (exact) mass is 556 g/mol. The molecule has 10 heteroatoms. The number of H-pyrrole nitrogens is 1. The third-order valence-electron chi connectivity index (χ3n) is 8.18. The fraction of sp³-hybridized carbons (Fsp3) is 0.323. The van der Waals surface area contributed by atoms with Crippen LogP contribution in [-0.4, -0.2) is 62.7 Å². The van der Waals surface area contributed by atoms with E-state index < -0.39 is 5.82 Å². The van der Waals surface area contributed by atoms with Crippen LogP contribution < -0.4 is 16.0 Å². The average molecular weight is 557 g/mol. The van der Waals surface area contributed by atoms with Crippen LogP contribution in [0.25, 0.3) is 16.6 Å². The van der Waals surface area contributed by atoms with Gasteiger partial charge in [-0.2, -0.15) is 5.10 Å². The summed E-state index contributed by atoms with van der Waals surface area (Å²) in [5, 5.41) is 7.02. The van der Waals surface area contributed by atoms with Crippen LogP contribution >= 0.6 is 0 Å². The molecule has 0 radical (unpaired) electrons. The maximum absolute atomic E-state index is 14.0. The summed E-state index contributed by atoms with van der Waals surface area (Å²) in [5.74, 6) is 0.324. The van der Waals surface area contributed by atoms with Gasteiger partial charge in [-0.3, -0.25) is 14.5 Å². The van der Waals surface area contributed by atoms with Crippen LogP contribution in [0.4, 0.5) is 10.2 Å². The number of aromatic amines is 1. The number of nitrogens with one attached hydrogen (secondary N) is 1. The number of halogens is 1. The lowest BCUT2D eigenvalue weighted by molar-refractivity contribution is -0.127. The predicted octanol–water partition coefficient (Wildman–Crippen LogP) is 4.58. The normalized spacial score (nSPS) is 19.5. The first-order chi connectivity index (χ1) is 19.9. The maximum Gasteiger partial charge on any atom is 0.274 e. The van der Waals surface area contributed by atoms with Gasteiger partial charge in [-0.05, 0) is 67.8 Å². The highest BCUT2D eigenvalue weighted by Gasteiger charge is 2.29. The number of amides is 1. The van der Waals surface area contributed by atoms with E-state index in [1.165, 1.54) is 6.07 Å². The topological polar surface area (TPSA) is 109 Å². The summed E-state index contributed by atoms with van der Waals surface area (Å²) in [6.45, 7) is 5.38. The summed E-state index contributed by atoms with van der Waals surface area (Å²) in [6.07, 6.45) is 8.40. The van der Waals surface area contributed by atoms with Gasteiger partial charge < -0.3 is 19.9 Å². The highest BCUT2D eigenvalue weighted by atomic mass is 19.1. The Morgan fingerprint density at radius 3 is 2.71 bits per heavy atom. The number of piperidine rings is 1. The zero-order valence-corrected chi connectivity index (χ0v) is 22.9. The van der Waals surface area contributed by atoms with Crippen molar-refractivity contribution in [3.05, 3.63) is 88.6 Å². The third kappa shape index (κ3) is 5.22. The van der Waals surface area contributed by atoms with E-state index >= 15 is 0 Å². The van der Waals surface area contributed by atoms with Gasteiger partial charge >= 0.3 is 0 Å². The molecule has 2 aromatic heterocycles. The number of carbonyl (C=O) groups is 1. The van der Waals surface area contributed by atoms with Crippen LogP contribution in [0.1, 0.15) is 37.7 Å². The quantitative estimate of drug-likeness (QED) is 0.323. The molecule has 2 aliphatic rings. The first kappa shape index (κ1) is 26.8. The van der Waals surface area contributed by atoms with E-state index in [4.69, 9.17) is 10.5 Å². The number of nitrogens with two attached hydrogens (primary N) is 1. The second-order valence-corrected chi connectivity index (χ2v) is 10.6. The molecule has 6 rings (SSSR count). The number of para-hydroxylation sites is 1. The number of rotatable bonds is 7. The van der Waals surface area contributed by atoms with E-state index in [1.54, 1.807) is 36.4 Å². The summed E-state index contributed by atoms with van der Waals surface area (Å²) < 4.78 is 21.6. The number of likely N-dealkylation sites (tertiary alicyclic amines) is 2. The Morgan fingerprint density at radius 1 is 1.17 bits per heavy atom. The minimum atomic E-state index is -0.447. The van der Waals surface area contributed by atoms with Crippen LogP contribution in [0.2, 0.25) is 0 Å². The fourth-order valence-electron chi connectivity index (χ4n) is 5.88. The van der Waals surface area contributed by atoms with Crippen LogP contribution in [0.15, 0.2) is 71.7 Å². The van der Waals surface area contributed by atoms with E-state index in [1.807, 2.05) is 33.9 Å². The highest BCUT2D eigenvalue weighted by Crippen LogP contribution is 2.35. The van der Waals surface area contributed by atoms with E-state index in [9.17, 15) is 14.0 Å². The van der Waals surface area contributed by atoms with Crippen LogP contribution in [0, 0.1) is 5.82 Å². The minimum absolute atomic E-state index is 0.00178. The number of hydrogen-bond donors (Lipinski definition) is 2. The molecule has 0 spiro atoms. The minimum Gasteiger partial charge on any atom is -0.454 e. The lowest BCUT2D eigenvalue weighted by atomic mass is 9.90. The maximum atomic E-state index is 14.0. The lowest BCUT2D eigenvalue weighted by Crippen LogP contribution is -2.46. The molecule has 2 saturated heterocycles. The van der Waals surface area contributed by atoms with Gasteiger partial charge in [-0.25, -0.2) is 9.49 Å². The Labute approximate surface area is 237 Å². The molecule has 2 aliphatic heterocycles. The van der Waals surface area contributed by atoms with Crippen molar-refractivity contribution < 1.29 is 13.9 Å². The number of hydrogen-bond acceptors (Lipinski definition) is 6. The predicted molar refractivity (Wildman–Crippen MR) is 156 cm³/mol. The number of nitrogens with zero attached hydrogens (tertiary/aromatic N) is 4. The summed E-state index contributed by atoms with van der Waals surface area (Å²) in [4.78, 5) is 30.4. The van der Waals surface area contributed by atoms with Crippen molar-refractivity contribution in [2.75, 3.05) is 31.9 Å². The number of fused-ring (bicyclic) bond motifs is 1. The first-order valence-electron chi connectivity index (χ1n) is 14.1. The smallest absolute Gasteiger partial charge is 0.274 e. The van der Waals surface area contributed by atoms with Crippen molar-refractivity contribution in [2.24, 2.45) is 0 Å². The molecule has 0 saturated carbocycles. The van der Waals surface area contributed by atoms with E-state index in [2.05, 4.69) is 22.0 Å². The second kappa shape index (κ2) is 11.2. The number of likely N-dealkylation sites (N-methyl/N-ethyl adjacent to an activating group) is 1. The molecule has 0 unspecified atom stereocenters. The van der Waals surface area contributed by atoms with Crippen molar-refractivity contribution in [1.29, 1.82) is 0 Å². The molecule has 4 aromatic rings. The molecule has 2 fully saturated rings. The third-order valence-corrected chi connectivity index (χ3v) is 8.18. The fourth-order valence-corrected chi connectivity index (χ4v) is 5.88. The zero-order chi connectivity index (χ0) is 28.5. The largest absolute Gasteiger partial charge is 0.454 e. The lowest BCUT2D eigenvalue weighted by Gasteiger charge is -2.38.